The van der Waals surface area contributed by atoms with Crippen LogP contribution in [0.25, 0.3) is 0 Å². The van der Waals surface area contributed by atoms with E-state index in [0.29, 0.717) is 5.91 Å². The molecular formula is C16H26BrN5O. The normalized spacial score (nSPS) is 23.3. The number of amides is 1. The summed E-state index contributed by atoms with van der Waals surface area (Å²) in [6.07, 6.45) is 2.11. The van der Waals surface area contributed by atoms with E-state index in [2.05, 4.69) is 31.2 Å². The first kappa shape index (κ1) is 16.9. The molecule has 23 heavy (non-hydrogen) atoms. The third kappa shape index (κ3) is 3.78. The molecule has 2 aliphatic heterocycles. The Morgan fingerprint density at radius 3 is 2.74 bits per heavy atom. The second-order valence-electron chi connectivity index (χ2n) is 6.62. The number of likely N-dealkylation sites (tertiary alicyclic amines) is 1. The van der Waals surface area contributed by atoms with E-state index < -0.39 is 0 Å². The Labute approximate surface area is 146 Å². The van der Waals surface area contributed by atoms with Crippen LogP contribution in [0.4, 0.5) is 0 Å². The maximum atomic E-state index is 12.7. The lowest BCUT2D eigenvalue weighted by atomic mass is 9.96. The van der Waals surface area contributed by atoms with Crippen LogP contribution in [-0.4, -0.2) is 64.8 Å². The zero-order valence-electron chi connectivity index (χ0n) is 14.0. The van der Waals surface area contributed by atoms with Crippen molar-refractivity contribution in [3.05, 3.63) is 15.9 Å². The number of hydrogen-bond donors (Lipinski definition) is 1. The molecule has 6 nitrogen and oxygen atoms in total. The van der Waals surface area contributed by atoms with Crippen LogP contribution in [0.5, 0.6) is 0 Å². The first-order chi connectivity index (χ1) is 11.1. The van der Waals surface area contributed by atoms with E-state index in [0.717, 1.165) is 68.8 Å². The van der Waals surface area contributed by atoms with Crippen LogP contribution in [0.1, 0.15) is 24.2 Å². The van der Waals surface area contributed by atoms with Crippen LogP contribution in [0, 0.1) is 12.8 Å². The summed E-state index contributed by atoms with van der Waals surface area (Å²) in [7, 11) is 1.99. The number of piperazine rings is 1. The van der Waals surface area contributed by atoms with E-state index in [1.165, 1.54) is 5.69 Å². The first-order valence-corrected chi connectivity index (χ1v) is 9.25. The number of aromatic nitrogens is 2. The summed E-state index contributed by atoms with van der Waals surface area (Å²) in [6, 6.07) is 0. The zero-order chi connectivity index (χ0) is 16.4. The molecular weight excluding hydrogens is 358 g/mol. The number of rotatable bonds is 3. The highest BCUT2D eigenvalue weighted by atomic mass is 79.9. The van der Waals surface area contributed by atoms with Crippen molar-refractivity contribution >= 4 is 21.8 Å². The fourth-order valence-corrected chi connectivity index (χ4v) is 4.07. The van der Waals surface area contributed by atoms with Gasteiger partial charge in [0.15, 0.2) is 0 Å². The molecule has 1 aromatic heterocycles. The molecule has 0 aromatic carbocycles. The average molecular weight is 384 g/mol. The number of halogens is 1. The van der Waals surface area contributed by atoms with E-state index in [-0.39, 0.29) is 5.92 Å². The lowest BCUT2D eigenvalue weighted by molar-refractivity contribution is -0.138. The lowest BCUT2D eigenvalue weighted by Crippen LogP contribution is -2.51. The van der Waals surface area contributed by atoms with Crippen molar-refractivity contribution in [3.63, 3.8) is 0 Å². The Bertz CT molecular complexity index is 567. The molecule has 0 saturated carbocycles. The first-order valence-electron chi connectivity index (χ1n) is 8.46. The highest BCUT2D eigenvalue weighted by molar-refractivity contribution is 9.10. The largest absolute Gasteiger partial charge is 0.340 e. The molecule has 128 valence electrons. The summed E-state index contributed by atoms with van der Waals surface area (Å²) in [4.78, 5) is 17.2. The van der Waals surface area contributed by atoms with Gasteiger partial charge in [0, 0.05) is 46.3 Å². The van der Waals surface area contributed by atoms with Gasteiger partial charge in [0.2, 0.25) is 5.91 Å². The van der Waals surface area contributed by atoms with Crippen molar-refractivity contribution in [2.75, 3.05) is 39.3 Å². The van der Waals surface area contributed by atoms with Crippen LogP contribution in [0.2, 0.25) is 0 Å². The molecule has 0 spiro atoms. The van der Waals surface area contributed by atoms with Gasteiger partial charge in [-0.05, 0) is 42.2 Å². The number of hydrogen-bond acceptors (Lipinski definition) is 4. The third-order valence-corrected chi connectivity index (χ3v) is 5.95. The Balaban J connectivity index is 1.62. The van der Waals surface area contributed by atoms with Gasteiger partial charge in [-0.15, -0.1) is 0 Å². The molecule has 3 rings (SSSR count). The molecule has 0 radical (unpaired) electrons. The second kappa shape index (κ2) is 7.32. The molecule has 1 aromatic rings. The summed E-state index contributed by atoms with van der Waals surface area (Å²) in [5.74, 6) is 0.492. The molecule has 3 heterocycles. The van der Waals surface area contributed by atoms with Gasteiger partial charge in [-0.25, -0.2) is 0 Å². The SMILES string of the molecule is Cc1nn(C)c(CN2CCCC(C(=O)N3CCNCC3)C2)c1Br. The smallest absolute Gasteiger partial charge is 0.227 e. The molecule has 2 fully saturated rings. The molecule has 2 saturated heterocycles. The predicted molar refractivity (Wildman–Crippen MR) is 93.1 cm³/mol. The fraction of sp³-hybridized carbons (Fsp3) is 0.750. The van der Waals surface area contributed by atoms with Gasteiger partial charge < -0.3 is 10.2 Å². The molecule has 1 unspecified atom stereocenters. The minimum Gasteiger partial charge on any atom is -0.340 e. The number of carbonyl (C=O) groups excluding carboxylic acids is 1. The van der Waals surface area contributed by atoms with E-state index in [1.54, 1.807) is 0 Å². The third-order valence-electron chi connectivity index (χ3n) is 4.92. The van der Waals surface area contributed by atoms with Gasteiger partial charge in [-0.2, -0.15) is 5.10 Å². The summed E-state index contributed by atoms with van der Waals surface area (Å²) in [6.45, 7) is 8.32. The van der Waals surface area contributed by atoms with Crippen molar-refractivity contribution in [1.82, 2.24) is 24.9 Å². The maximum absolute atomic E-state index is 12.7. The van der Waals surface area contributed by atoms with Crippen LogP contribution in [0.3, 0.4) is 0 Å². The summed E-state index contributed by atoms with van der Waals surface area (Å²) >= 11 is 3.64. The molecule has 7 heteroatoms. The average Bonchev–Trinajstić information content (AvgIpc) is 2.81. The van der Waals surface area contributed by atoms with Gasteiger partial charge in [-0.3, -0.25) is 14.4 Å². The summed E-state index contributed by atoms with van der Waals surface area (Å²) < 4.78 is 3.04. The van der Waals surface area contributed by atoms with Gasteiger partial charge in [0.25, 0.3) is 0 Å². The van der Waals surface area contributed by atoms with Crippen LogP contribution >= 0.6 is 15.9 Å². The van der Waals surface area contributed by atoms with E-state index in [1.807, 2.05) is 23.6 Å². The summed E-state index contributed by atoms with van der Waals surface area (Å²) in [5, 5.41) is 7.77. The standard InChI is InChI=1S/C16H26BrN5O/c1-12-15(17)14(20(2)19-12)11-21-7-3-4-13(10-21)16(23)22-8-5-18-6-9-22/h13,18H,3-11H2,1-2H3. The van der Waals surface area contributed by atoms with Gasteiger partial charge in [0.05, 0.1) is 21.8 Å². The molecule has 1 N–H and O–H groups in total. The van der Waals surface area contributed by atoms with E-state index in [9.17, 15) is 4.79 Å². The Morgan fingerprint density at radius 2 is 2.09 bits per heavy atom. The van der Waals surface area contributed by atoms with E-state index in [4.69, 9.17) is 0 Å². The fourth-order valence-electron chi connectivity index (χ4n) is 3.61. The number of aryl methyl sites for hydroxylation is 2. The molecule has 1 atom stereocenters. The highest BCUT2D eigenvalue weighted by Gasteiger charge is 2.30. The maximum Gasteiger partial charge on any atom is 0.227 e. The quantitative estimate of drug-likeness (QED) is 0.849. The Morgan fingerprint density at radius 1 is 1.35 bits per heavy atom. The van der Waals surface area contributed by atoms with Crippen molar-refractivity contribution < 1.29 is 4.79 Å². The highest BCUT2D eigenvalue weighted by Crippen LogP contribution is 2.25. The van der Waals surface area contributed by atoms with Crippen molar-refractivity contribution in [2.24, 2.45) is 13.0 Å². The number of piperidine rings is 1. The number of nitrogens with zero attached hydrogens (tertiary/aromatic N) is 4. The number of nitrogens with one attached hydrogen (secondary N) is 1. The topological polar surface area (TPSA) is 53.4 Å². The van der Waals surface area contributed by atoms with Crippen molar-refractivity contribution in [3.8, 4) is 0 Å². The van der Waals surface area contributed by atoms with Gasteiger partial charge >= 0.3 is 0 Å². The number of carbonyl (C=O) groups is 1. The Hall–Kier alpha value is -0.920. The molecule has 0 aliphatic carbocycles. The van der Waals surface area contributed by atoms with Crippen LogP contribution in [0.15, 0.2) is 4.47 Å². The van der Waals surface area contributed by atoms with Crippen LogP contribution < -0.4 is 5.32 Å². The lowest BCUT2D eigenvalue weighted by Gasteiger charge is -2.36. The monoisotopic (exact) mass is 383 g/mol. The summed E-state index contributed by atoms with van der Waals surface area (Å²) in [5.41, 5.74) is 2.21. The minimum atomic E-state index is 0.148. The minimum absolute atomic E-state index is 0.148. The molecule has 0 bridgehead atoms. The zero-order valence-corrected chi connectivity index (χ0v) is 15.6. The Kier molecular flexibility index (Phi) is 5.38. The second-order valence-corrected chi connectivity index (χ2v) is 7.41. The predicted octanol–water partition coefficient (Wildman–Crippen LogP) is 1.13. The van der Waals surface area contributed by atoms with Crippen LogP contribution in [-0.2, 0) is 18.4 Å². The van der Waals surface area contributed by atoms with Gasteiger partial charge in [-0.1, -0.05) is 0 Å². The van der Waals surface area contributed by atoms with Gasteiger partial charge in [0.1, 0.15) is 0 Å². The van der Waals surface area contributed by atoms with Crippen molar-refractivity contribution in [2.45, 2.75) is 26.3 Å². The molecule has 2 aliphatic rings. The van der Waals surface area contributed by atoms with E-state index >= 15 is 0 Å². The molecule has 1 amide bonds. The van der Waals surface area contributed by atoms with Crippen molar-refractivity contribution in [1.29, 1.82) is 0 Å².